The van der Waals surface area contributed by atoms with Crippen LogP contribution in [-0.2, 0) is 7.05 Å². The zero-order chi connectivity index (χ0) is 15.6. The molecular formula is C15H10BrN7. The summed E-state index contributed by atoms with van der Waals surface area (Å²) in [4.78, 5) is 4.51. The topological polar surface area (TPSA) is 65.3 Å². The van der Waals surface area contributed by atoms with Gasteiger partial charge in [0, 0.05) is 18.8 Å². The molecule has 0 saturated carbocycles. The summed E-state index contributed by atoms with van der Waals surface area (Å²) in [5, 5.41) is 14.2. The van der Waals surface area contributed by atoms with Gasteiger partial charge in [0.05, 0.1) is 11.6 Å². The van der Waals surface area contributed by atoms with Crippen LogP contribution in [0.15, 0.2) is 47.3 Å². The Morgan fingerprint density at radius 2 is 1.83 bits per heavy atom. The first-order valence-corrected chi connectivity index (χ1v) is 7.82. The molecule has 112 valence electrons. The molecule has 0 bridgehead atoms. The van der Waals surface area contributed by atoms with Gasteiger partial charge in [-0.05, 0) is 15.9 Å². The summed E-state index contributed by atoms with van der Waals surface area (Å²) in [5.74, 6) is 0.747. The summed E-state index contributed by atoms with van der Waals surface area (Å²) >= 11 is 3.57. The Kier molecular flexibility index (Phi) is 2.44. The number of rotatable bonds is 1. The fraction of sp³-hybridized carbons (Fsp3) is 0.0667. The summed E-state index contributed by atoms with van der Waals surface area (Å²) < 4.78 is 6.50. The van der Waals surface area contributed by atoms with E-state index in [0.717, 1.165) is 32.5 Å². The normalized spacial score (nSPS) is 11.9. The van der Waals surface area contributed by atoms with Crippen molar-refractivity contribution in [1.29, 1.82) is 0 Å². The highest BCUT2D eigenvalue weighted by Gasteiger charge is 2.20. The lowest BCUT2D eigenvalue weighted by molar-refractivity contribution is 0.779. The van der Waals surface area contributed by atoms with Crippen LogP contribution in [0.4, 0.5) is 0 Å². The summed E-state index contributed by atoms with van der Waals surface area (Å²) in [6, 6.07) is 9.96. The van der Waals surface area contributed by atoms with E-state index >= 15 is 0 Å². The van der Waals surface area contributed by atoms with Crippen LogP contribution in [0.5, 0.6) is 0 Å². The molecule has 0 aliphatic rings. The number of hydrogen-bond acceptors (Lipinski definition) is 4. The second kappa shape index (κ2) is 4.39. The first kappa shape index (κ1) is 12.8. The van der Waals surface area contributed by atoms with Crippen molar-refractivity contribution < 1.29 is 0 Å². The number of imidazole rings is 1. The molecule has 0 amide bonds. The van der Waals surface area contributed by atoms with Crippen LogP contribution in [0.25, 0.3) is 33.6 Å². The standard InChI is InChI=1S/C15H10BrN7/c1-21-8-10-12(20-21)15-19-18-13(9-5-3-2-4-6-9)23(15)22-11(16)7-17-14(10)22/h2-8H,1H3. The molecule has 1 aromatic carbocycles. The molecule has 0 unspecified atom stereocenters. The molecule has 0 aliphatic heterocycles. The van der Waals surface area contributed by atoms with E-state index in [1.165, 1.54) is 0 Å². The Morgan fingerprint density at radius 1 is 1.00 bits per heavy atom. The Bertz CT molecular complexity index is 1180. The lowest BCUT2D eigenvalue weighted by Crippen LogP contribution is -2.03. The molecule has 5 rings (SSSR count). The first-order valence-electron chi connectivity index (χ1n) is 7.03. The van der Waals surface area contributed by atoms with E-state index in [9.17, 15) is 0 Å². The minimum Gasteiger partial charge on any atom is -0.274 e. The molecule has 5 aromatic rings. The molecule has 8 heteroatoms. The second-order valence-electron chi connectivity index (χ2n) is 5.31. The summed E-state index contributed by atoms with van der Waals surface area (Å²) in [6.45, 7) is 0. The van der Waals surface area contributed by atoms with Crippen LogP contribution in [0.1, 0.15) is 0 Å². The number of halogens is 1. The fourth-order valence-electron chi connectivity index (χ4n) is 2.90. The Morgan fingerprint density at radius 3 is 2.65 bits per heavy atom. The second-order valence-corrected chi connectivity index (χ2v) is 6.12. The van der Waals surface area contributed by atoms with Crippen molar-refractivity contribution in [1.82, 2.24) is 34.0 Å². The predicted octanol–water partition coefficient (Wildman–Crippen LogP) is 2.69. The Labute approximate surface area is 138 Å². The Balaban J connectivity index is 2.06. The number of aryl methyl sites for hydroxylation is 1. The van der Waals surface area contributed by atoms with Crippen molar-refractivity contribution in [2.75, 3.05) is 0 Å². The van der Waals surface area contributed by atoms with Crippen molar-refractivity contribution in [2.24, 2.45) is 7.05 Å². The van der Waals surface area contributed by atoms with Gasteiger partial charge in [0.25, 0.3) is 0 Å². The number of nitrogens with zero attached hydrogens (tertiary/aromatic N) is 7. The monoisotopic (exact) mass is 367 g/mol. The molecule has 4 aromatic heterocycles. The summed E-state index contributed by atoms with van der Waals surface area (Å²) in [7, 11) is 1.89. The largest absolute Gasteiger partial charge is 0.274 e. The zero-order valence-electron chi connectivity index (χ0n) is 12.0. The van der Waals surface area contributed by atoms with Crippen molar-refractivity contribution in [3.8, 4) is 11.4 Å². The minimum absolute atomic E-state index is 0.700. The quantitative estimate of drug-likeness (QED) is 0.456. The van der Waals surface area contributed by atoms with E-state index in [1.807, 2.05) is 52.6 Å². The lowest BCUT2D eigenvalue weighted by Gasteiger charge is -2.05. The smallest absolute Gasteiger partial charge is 0.205 e. The van der Waals surface area contributed by atoms with E-state index in [2.05, 4.69) is 36.2 Å². The van der Waals surface area contributed by atoms with Gasteiger partial charge < -0.3 is 0 Å². The van der Waals surface area contributed by atoms with Crippen LogP contribution >= 0.6 is 15.9 Å². The van der Waals surface area contributed by atoms with E-state index in [4.69, 9.17) is 0 Å². The van der Waals surface area contributed by atoms with Gasteiger partial charge in [0.15, 0.2) is 11.5 Å². The maximum absolute atomic E-state index is 4.53. The van der Waals surface area contributed by atoms with Crippen molar-refractivity contribution in [3.63, 3.8) is 0 Å². The molecular weight excluding hydrogens is 358 g/mol. The molecule has 0 fully saturated rings. The first-order chi connectivity index (χ1) is 11.2. The maximum Gasteiger partial charge on any atom is 0.205 e. The molecule has 0 aliphatic carbocycles. The summed E-state index contributed by atoms with van der Waals surface area (Å²) in [5.41, 5.74) is 3.28. The van der Waals surface area contributed by atoms with Gasteiger partial charge in [-0.15, -0.1) is 10.2 Å². The fourth-order valence-corrected chi connectivity index (χ4v) is 3.33. The van der Waals surface area contributed by atoms with Gasteiger partial charge in [-0.25, -0.2) is 14.0 Å². The molecule has 4 heterocycles. The third kappa shape index (κ3) is 1.63. The van der Waals surface area contributed by atoms with E-state index in [1.54, 1.807) is 10.9 Å². The SMILES string of the molecule is Cn1cc2c(n1)c1nnc(-c3ccccc3)n1n1c(Br)cnc21. The number of hydrogen-bond donors (Lipinski definition) is 0. The van der Waals surface area contributed by atoms with Gasteiger partial charge >= 0.3 is 0 Å². The molecule has 0 spiro atoms. The number of fused-ring (bicyclic) bond motifs is 6. The van der Waals surface area contributed by atoms with Crippen molar-refractivity contribution in [3.05, 3.63) is 47.3 Å². The molecule has 7 nitrogen and oxygen atoms in total. The maximum atomic E-state index is 4.53. The van der Waals surface area contributed by atoms with Crippen LogP contribution in [-0.4, -0.2) is 34.0 Å². The van der Waals surface area contributed by atoms with Gasteiger partial charge in [0.1, 0.15) is 10.1 Å². The van der Waals surface area contributed by atoms with Crippen LogP contribution < -0.4 is 0 Å². The molecule has 0 saturated heterocycles. The van der Waals surface area contributed by atoms with Crippen molar-refractivity contribution >= 4 is 38.1 Å². The van der Waals surface area contributed by atoms with E-state index in [-0.39, 0.29) is 0 Å². The number of aromatic nitrogens is 7. The van der Waals surface area contributed by atoms with Crippen LogP contribution in [0, 0.1) is 0 Å². The molecule has 0 radical (unpaired) electrons. The highest BCUT2D eigenvalue weighted by molar-refractivity contribution is 9.10. The van der Waals surface area contributed by atoms with Gasteiger partial charge in [-0.2, -0.15) is 5.10 Å². The highest BCUT2D eigenvalue weighted by Crippen LogP contribution is 2.28. The van der Waals surface area contributed by atoms with E-state index in [0.29, 0.717) is 5.65 Å². The van der Waals surface area contributed by atoms with Gasteiger partial charge in [0.2, 0.25) is 5.65 Å². The highest BCUT2D eigenvalue weighted by atomic mass is 79.9. The molecule has 0 atom stereocenters. The van der Waals surface area contributed by atoms with Gasteiger partial charge in [-0.3, -0.25) is 4.68 Å². The predicted molar refractivity (Wildman–Crippen MR) is 89.1 cm³/mol. The lowest BCUT2D eigenvalue weighted by atomic mass is 10.2. The third-order valence-electron chi connectivity index (χ3n) is 3.85. The average molecular weight is 368 g/mol. The Hall–Kier alpha value is -2.74. The van der Waals surface area contributed by atoms with E-state index < -0.39 is 0 Å². The average Bonchev–Trinajstić information content (AvgIpc) is 3.24. The minimum atomic E-state index is 0.700. The molecule has 23 heavy (non-hydrogen) atoms. The summed E-state index contributed by atoms with van der Waals surface area (Å²) in [6.07, 6.45) is 3.72. The number of benzene rings is 1. The van der Waals surface area contributed by atoms with Crippen molar-refractivity contribution in [2.45, 2.75) is 0 Å². The third-order valence-corrected chi connectivity index (χ3v) is 4.39. The van der Waals surface area contributed by atoms with Gasteiger partial charge in [-0.1, -0.05) is 30.3 Å². The molecule has 0 N–H and O–H groups in total. The van der Waals surface area contributed by atoms with Crippen LogP contribution in [0.3, 0.4) is 0 Å². The van der Waals surface area contributed by atoms with Crippen LogP contribution in [0.2, 0.25) is 0 Å². The zero-order valence-corrected chi connectivity index (χ0v) is 13.6.